The molecule has 0 aromatic heterocycles. The number of nitrogens with zero attached hydrogens (tertiary/aromatic N) is 1. The van der Waals surface area contributed by atoms with Crippen LogP contribution >= 0.6 is 0 Å². The molecule has 3 heteroatoms. The van der Waals surface area contributed by atoms with E-state index >= 15 is 0 Å². The first-order chi connectivity index (χ1) is 9.33. The third kappa shape index (κ3) is 2.98. The highest BCUT2D eigenvalue weighted by Crippen LogP contribution is 2.40. The van der Waals surface area contributed by atoms with E-state index in [1.54, 1.807) is 0 Å². The van der Waals surface area contributed by atoms with E-state index in [-0.39, 0.29) is 5.60 Å². The Balaban J connectivity index is 1.66. The Bertz CT molecular complexity index is 283. The van der Waals surface area contributed by atoms with Crippen LogP contribution in [0.3, 0.4) is 0 Å². The van der Waals surface area contributed by atoms with Crippen LogP contribution < -0.4 is 0 Å². The first-order valence-corrected chi connectivity index (χ1v) is 8.34. The van der Waals surface area contributed by atoms with Crippen molar-refractivity contribution < 1.29 is 9.84 Å². The van der Waals surface area contributed by atoms with Gasteiger partial charge in [0.1, 0.15) is 0 Å². The molecule has 1 spiro atoms. The fraction of sp³-hybridized carbons (Fsp3) is 1.00. The number of aliphatic hydroxyl groups is 1. The van der Waals surface area contributed by atoms with Crippen molar-refractivity contribution in [3.8, 4) is 0 Å². The molecule has 0 radical (unpaired) electrons. The molecule has 1 saturated carbocycles. The predicted molar refractivity (Wildman–Crippen MR) is 76.2 cm³/mol. The number of ether oxygens (including phenoxy) is 1. The SMILES string of the molecule is OCC1CCCCN1C1CCOC2(CCCCC2)C1. The largest absolute Gasteiger partial charge is 0.395 e. The molecule has 2 unspecified atom stereocenters. The molecule has 3 rings (SSSR count). The molecule has 0 amide bonds. The molecule has 0 aromatic rings. The van der Waals surface area contributed by atoms with E-state index in [2.05, 4.69) is 4.90 Å². The van der Waals surface area contributed by atoms with Crippen molar-refractivity contribution in [3.63, 3.8) is 0 Å². The topological polar surface area (TPSA) is 32.7 Å². The lowest BCUT2D eigenvalue weighted by atomic mass is 9.77. The van der Waals surface area contributed by atoms with Gasteiger partial charge in [0.05, 0.1) is 12.2 Å². The number of rotatable bonds is 2. The predicted octanol–water partition coefficient (Wildman–Crippen LogP) is 2.72. The lowest BCUT2D eigenvalue weighted by molar-refractivity contribution is -0.132. The van der Waals surface area contributed by atoms with Gasteiger partial charge < -0.3 is 9.84 Å². The van der Waals surface area contributed by atoms with Crippen molar-refractivity contribution >= 4 is 0 Å². The van der Waals surface area contributed by atoms with Gasteiger partial charge in [-0.3, -0.25) is 4.90 Å². The standard InChI is InChI=1S/C16H29NO2/c18-13-15-6-2-5-10-17(15)14-7-11-19-16(12-14)8-3-1-4-9-16/h14-15,18H,1-13H2. The van der Waals surface area contributed by atoms with E-state index in [4.69, 9.17) is 4.74 Å². The van der Waals surface area contributed by atoms with Gasteiger partial charge in [-0.2, -0.15) is 0 Å². The Morgan fingerprint density at radius 2 is 1.89 bits per heavy atom. The van der Waals surface area contributed by atoms with Crippen molar-refractivity contribution in [2.45, 2.75) is 81.9 Å². The maximum atomic E-state index is 9.62. The van der Waals surface area contributed by atoms with Gasteiger partial charge in [0.25, 0.3) is 0 Å². The van der Waals surface area contributed by atoms with Crippen molar-refractivity contribution in [1.29, 1.82) is 0 Å². The fourth-order valence-corrected chi connectivity index (χ4v) is 4.53. The van der Waals surface area contributed by atoms with Crippen LogP contribution in [0.2, 0.25) is 0 Å². The summed E-state index contributed by atoms with van der Waals surface area (Å²) in [6.45, 7) is 2.45. The van der Waals surface area contributed by atoms with Crippen LogP contribution in [0.4, 0.5) is 0 Å². The molecule has 2 saturated heterocycles. The van der Waals surface area contributed by atoms with Gasteiger partial charge in [0, 0.05) is 18.7 Å². The van der Waals surface area contributed by atoms with E-state index in [1.165, 1.54) is 64.3 Å². The zero-order valence-electron chi connectivity index (χ0n) is 12.1. The fourth-order valence-electron chi connectivity index (χ4n) is 4.53. The minimum Gasteiger partial charge on any atom is -0.395 e. The highest BCUT2D eigenvalue weighted by atomic mass is 16.5. The second-order valence-electron chi connectivity index (χ2n) is 6.81. The number of hydrogen-bond donors (Lipinski definition) is 1. The Hall–Kier alpha value is -0.120. The Morgan fingerprint density at radius 3 is 2.68 bits per heavy atom. The smallest absolute Gasteiger partial charge is 0.0697 e. The molecule has 110 valence electrons. The van der Waals surface area contributed by atoms with Crippen LogP contribution in [-0.2, 0) is 4.74 Å². The number of likely N-dealkylation sites (tertiary alicyclic amines) is 1. The number of hydrogen-bond acceptors (Lipinski definition) is 3. The summed E-state index contributed by atoms with van der Waals surface area (Å²) in [7, 11) is 0. The van der Waals surface area contributed by atoms with Crippen LogP contribution in [-0.4, -0.2) is 47.4 Å². The van der Waals surface area contributed by atoms with Gasteiger partial charge in [0.15, 0.2) is 0 Å². The molecule has 2 atom stereocenters. The third-order valence-electron chi connectivity index (χ3n) is 5.58. The molecule has 3 fully saturated rings. The molecule has 3 aliphatic rings. The number of aliphatic hydroxyl groups excluding tert-OH is 1. The Morgan fingerprint density at radius 1 is 1.05 bits per heavy atom. The quantitative estimate of drug-likeness (QED) is 0.835. The first kappa shape index (κ1) is 13.8. The summed E-state index contributed by atoms with van der Waals surface area (Å²) >= 11 is 0. The Kier molecular flexibility index (Phi) is 4.45. The second kappa shape index (κ2) is 6.11. The maximum Gasteiger partial charge on any atom is 0.0697 e. The van der Waals surface area contributed by atoms with Crippen LogP contribution in [0.1, 0.15) is 64.2 Å². The molecule has 1 N–H and O–H groups in total. The lowest BCUT2D eigenvalue weighted by Gasteiger charge is -2.49. The van der Waals surface area contributed by atoms with Gasteiger partial charge in [0.2, 0.25) is 0 Å². The van der Waals surface area contributed by atoms with Gasteiger partial charge in [-0.15, -0.1) is 0 Å². The van der Waals surface area contributed by atoms with Gasteiger partial charge in [-0.25, -0.2) is 0 Å². The van der Waals surface area contributed by atoms with Crippen LogP contribution in [0.25, 0.3) is 0 Å². The average Bonchev–Trinajstić information content (AvgIpc) is 2.48. The molecule has 0 aromatic carbocycles. The highest BCUT2D eigenvalue weighted by Gasteiger charge is 2.41. The van der Waals surface area contributed by atoms with Crippen LogP contribution in [0.15, 0.2) is 0 Å². The van der Waals surface area contributed by atoms with Gasteiger partial charge in [-0.1, -0.05) is 25.7 Å². The number of piperidine rings is 1. The van der Waals surface area contributed by atoms with E-state index in [0.717, 1.165) is 13.0 Å². The lowest BCUT2D eigenvalue weighted by Crippen LogP contribution is -2.54. The molecular formula is C16H29NO2. The zero-order chi connectivity index (χ0) is 13.1. The van der Waals surface area contributed by atoms with E-state index in [9.17, 15) is 5.11 Å². The zero-order valence-corrected chi connectivity index (χ0v) is 12.1. The summed E-state index contributed by atoms with van der Waals surface area (Å²) in [5.74, 6) is 0. The van der Waals surface area contributed by atoms with Crippen molar-refractivity contribution in [2.24, 2.45) is 0 Å². The van der Waals surface area contributed by atoms with E-state index < -0.39 is 0 Å². The molecule has 0 bridgehead atoms. The summed E-state index contributed by atoms with van der Waals surface area (Å²) in [6.07, 6.45) is 12.8. The highest BCUT2D eigenvalue weighted by molar-refractivity contribution is 4.95. The monoisotopic (exact) mass is 267 g/mol. The maximum absolute atomic E-state index is 9.62. The summed E-state index contributed by atoms with van der Waals surface area (Å²) in [4.78, 5) is 2.61. The van der Waals surface area contributed by atoms with Crippen molar-refractivity contribution in [3.05, 3.63) is 0 Å². The van der Waals surface area contributed by atoms with Gasteiger partial charge in [-0.05, 0) is 45.1 Å². The van der Waals surface area contributed by atoms with E-state index in [1.807, 2.05) is 0 Å². The molecule has 2 heterocycles. The first-order valence-electron chi connectivity index (χ1n) is 8.34. The third-order valence-corrected chi connectivity index (χ3v) is 5.58. The van der Waals surface area contributed by atoms with Gasteiger partial charge >= 0.3 is 0 Å². The summed E-state index contributed by atoms with van der Waals surface area (Å²) in [5, 5.41) is 9.62. The summed E-state index contributed by atoms with van der Waals surface area (Å²) < 4.78 is 6.21. The summed E-state index contributed by atoms with van der Waals surface area (Å²) in [6, 6.07) is 1.07. The molecule has 3 nitrogen and oxygen atoms in total. The summed E-state index contributed by atoms with van der Waals surface area (Å²) in [5.41, 5.74) is 0.193. The minimum atomic E-state index is 0.193. The molecular weight excluding hydrogens is 238 g/mol. The van der Waals surface area contributed by atoms with Crippen LogP contribution in [0, 0.1) is 0 Å². The molecule has 1 aliphatic carbocycles. The van der Waals surface area contributed by atoms with E-state index in [0.29, 0.717) is 18.7 Å². The molecule has 2 aliphatic heterocycles. The van der Waals surface area contributed by atoms with Crippen molar-refractivity contribution in [2.75, 3.05) is 19.8 Å². The minimum absolute atomic E-state index is 0.193. The second-order valence-corrected chi connectivity index (χ2v) is 6.81. The van der Waals surface area contributed by atoms with Crippen LogP contribution in [0.5, 0.6) is 0 Å². The Labute approximate surface area is 117 Å². The average molecular weight is 267 g/mol. The van der Waals surface area contributed by atoms with Crippen molar-refractivity contribution in [1.82, 2.24) is 4.90 Å². The normalized spacial score (nSPS) is 36.5. The molecule has 19 heavy (non-hydrogen) atoms.